The number of rotatable bonds is 5. The van der Waals surface area contributed by atoms with Crippen molar-refractivity contribution in [2.45, 2.75) is 45.2 Å². The molecule has 1 heterocycles. The Kier molecular flexibility index (Phi) is 3.88. The first kappa shape index (κ1) is 12.3. The first-order chi connectivity index (χ1) is 7.65. The number of piperazine rings is 1. The number of nitrogens with zero attached hydrogens (tertiary/aromatic N) is 1. The quantitative estimate of drug-likeness (QED) is 0.768. The second-order valence-corrected chi connectivity index (χ2v) is 5.60. The Hall–Kier alpha value is -0.120. The molecule has 3 heteroatoms. The standard InChI is InChI=1S/C13H26N2O/c1-4-16-9-11(2)15-8-7-14-13(3,10-15)12-5-6-12/h11-12,14H,4-10H2,1-3H3. The second kappa shape index (κ2) is 5.03. The van der Waals surface area contributed by atoms with Gasteiger partial charge in [-0.3, -0.25) is 4.90 Å². The van der Waals surface area contributed by atoms with E-state index >= 15 is 0 Å². The van der Waals surface area contributed by atoms with Crippen LogP contribution in [0.2, 0.25) is 0 Å². The van der Waals surface area contributed by atoms with Gasteiger partial charge in [0, 0.05) is 37.8 Å². The zero-order valence-electron chi connectivity index (χ0n) is 11.0. The minimum Gasteiger partial charge on any atom is -0.380 e. The van der Waals surface area contributed by atoms with Crippen molar-refractivity contribution in [3.05, 3.63) is 0 Å². The summed E-state index contributed by atoms with van der Waals surface area (Å²) in [6.07, 6.45) is 2.83. The Morgan fingerprint density at radius 3 is 2.88 bits per heavy atom. The van der Waals surface area contributed by atoms with Gasteiger partial charge in [0.25, 0.3) is 0 Å². The van der Waals surface area contributed by atoms with Crippen LogP contribution in [0.15, 0.2) is 0 Å². The van der Waals surface area contributed by atoms with Crippen LogP contribution in [0.3, 0.4) is 0 Å². The maximum atomic E-state index is 5.53. The van der Waals surface area contributed by atoms with Crippen LogP contribution in [-0.4, -0.2) is 49.3 Å². The van der Waals surface area contributed by atoms with Crippen LogP contribution in [0, 0.1) is 5.92 Å². The van der Waals surface area contributed by atoms with Gasteiger partial charge < -0.3 is 10.1 Å². The molecule has 1 N–H and O–H groups in total. The van der Waals surface area contributed by atoms with E-state index in [1.54, 1.807) is 0 Å². The molecular weight excluding hydrogens is 200 g/mol. The summed E-state index contributed by atoms with van der Waals surface area (Å²) in [5, 5.41) is 3.72. The van der Waals surface area contributed by atoms with Crippen LogP contribution < -0.4 is 5.32 Å². The molecule has 2 fully saturated rings. The smallest absolute Gasteiger partial charge is 0.0619 e. The van der Waals surface area contributed by atoms with E-state index in [4.69, 9.17) is 4.74 Å². The van der Waals surface area contributed by atoms with Crippen molar-refractivity contribution < 1.29 is 4.74 Å². The first-order valence-corrected chi connectivity index (χ1v) is 6.72. The zero-order valence-corrected chi connectivity index (χ0v) is 11.0. The van der Waals surface area contributed by atoms with E-state index in [0.29, 0.717) is 11.6 Å². The second-order valence-electron chi connectivity index (χ2n) is 5.60. The summed E-state index contributed by atoms with van der Waals surface area (Å²) >= 11 is 0. The Bertz CT molecular complexity index is 230. The van der Waals surface area contributed by atoms with Crippen molar-refractivity contribution >= 4 is 0 Å². The van der Waals surface area contributed by atoms with Gasteiger partial charge in [-0.05, 0) is 39.5 Å². The summed E-state index contributed by atoms with van der Waals surface area (Å²) in [6.45, 7) is 11.9. The lowest BCUT2D eigenvalue weighted by molar-refractivity contribution is 0.0372. The minimum atomic E-state index is 0.360. The molecule has 2 unspecified atom stereocenters. The molecule has 0 spiro atoms. The lowest BCUT2D eigenvalue weighted by Crippen LogP contribution is -2.62. The van der Waals surface area contributed by atoms with E-state index < -0.39 is 0 Å². The number of nitrogens with one attached hydrogen (secondary N) is 1. The van der Waals surface area contributed by atoms with E-state index in [-0.39, 0.29) is 0 Å². The molecule has 0 amide bonds. The van der Waals surface area contributed by atoms with Crippen molar-refractivity contribution in [2.75, 3.05) is 32.8 Å². The third-order valence-electron chi connectivity index (χ3n) is 4.12. The van der Waals surface area contributed by atoms with Gasteiger partial charge in [0.15, 0.2) is 0 Å². The molecule has 0 radical (unpaired) electrons. The van der Waals surface area contributed by atoms with Gasteiger partial charge in [0.05, 0.1) is 6.61 Å². The van der Waals surface area contributed by atoms with Crippen LogP contribution in [0.4, 0.5) is 0 Å². The summed E-state index contributed by atoms with van der Waals surface area (Å²) in [5.74, 6) is 0.912. The topological polar surface area (TPSA) is 24.5 Å². The molecule has 1 aliphatic carbocycles. The summed E-state index contributed by atoms with van der Waals surface area (Å²) in [7, 11) is 0. The monoisotopic (exact) mass is 226 g/mol. The Balaban J connectivity index is 1.85. The highest BCUT2D eigenvalue weighted by atomic mass is 16.5. The highest BCUT2D eigenvalue weighted by Gasteiger charge is 2.44. The summed E-state index contributed by atoms with van der Waals surface area (Å²) in [6, 6.07) is 0.556. The molecule has 94 valence electrons. The van der Waals surface area contributed by atoms with Crippen molar-refractivity contribution in [3.63, 3.8) is 0 Å². The van der Waals surface area contributed by atoms with Gasteiger partial charge in [-0.15, -0.1) is 0 Å². The number of ether oxygens (including phenoxy) is 1. The van der Waals surface area contributed by atoms with Crippen LogP contribution in [0.5, 0.6) is 0 Å². The van der Waals surface area contributed by atoms with Crippen LogP contribution in [0.1, 0.15) is 33.6 Å². The first-order valence-electron chi connectivity index (χ1n) is 6.72. The maximum absolute atomic E-state index is 5.53. The molecule has 1 aliphatic heterocycles. The van der Waals surface area contributed by atoms with Crippen LogP contribution >= 0.6 is 0 Å². The average Bonchev–Trinajstić information content (AvgIpc) is 3.10. The molecule has 16 heavy (non-hydrogen) atoms. The fraction of sp³-hybridized carbons (Fsp3) is 1.00. The largest absolute Gasteiger partial charge is 0.380 e. The number of hydrogen-bond donors (Lipinski definition) is 1. The molecule has 0 aromatic carbocycles. The number of hydrogen-bond acceptors (Lipinski definition) is 3. The molecule has 0 bridgehead atoms. The van der Waals surface area contributed by atoms with E-state index in [2.05, 4.69) is 31.0 Å². The van der Waals surface area contributed by atoms with Crippen molar-refractivity contribution in [3.8, 4) is 0 Å². The minimum absolute atomic E-state index is 0.360. The summed E-state index contributed by atoms with van der Waals surface area (Å²) in [4.78, 5) is 2.59. The molecule has 1 saturated carbocycles. The Morgan fingerprint density at radius 2 is 2.25 bits per heavy atom. The van der Waals surface area contributed by atoms with E-state index in [1.807, 2.05) is 0 Å². The maximum Gasteiger partial charge on any atom is 0.0619 e. The van der Waals surface area contributed by atoms with Gasteiger partial charge in [-0.1, -0.05) is 0 Å². The average molecular weight is 226 g/mol. The van der Waals surface area contributed by atoms with Gasteiger partial charge in [-0.2, -0.15) is 0 Å². The van der Waals surface area contributed by atoms with Gasteiger partial charge in [0.2, 0.25) is 0 Å². The molecule has 2 atom stereocenters. The fourth-order valence-electron chi connectivity index (χ4n) is 2.81. The lowest BCUT2D eigenvalue weighted by Gasteiger charge is -2.44. The Morgan fingerprint density at radius 1 is 1.50 bits per heavy atom. The Labute approximate surface area is 99.5 Å². The van der Waals surface area contributed by atoms with Gasteiger partial charge >= 0.3 is 0 Å². The molecule has 2 aliphatic rings. The summed E-state index contributed by atoms with van der Waals surface area (Å²) in [5.41, 5.74) is 0.360. The van der Waals surface area contributed by atoms with Crippen LogP contribution in [-0.2, 0) is 4.74 Å². The molecule has 0 aromatic rings. The van der Waals surface area contributed by atoms with E-state index in [1.165, 1.54) is 19.4 Å². The highest BCUT2D eigenvalue weighted by molar-refractivity contribution is 5.02. The van der Waals surface area contributed by atoms with Crippen LogP contribution in [0.25, 0.3) is 0 Å². The predicted octanol–water partition coefficient (Wildman–Crippen LogP) is 1.49. The molecule has 2 rings (SSSR count). The lowest BCUT2D eigenvalue weighted by atomic mass is 9.92. The van der Waals surface area contributed by atoms with Crippen molar-refractivity contribution in [1.29, 1.82) is 0 Å². The van der Waals surface area contributed by atoms with Crippen molar-refractivity contribution in [1.82, 2.24) is 10.2 Å². The van der Waals surface area contributed by atoms with Crippen molar-refractivity contribution in [2.24, 2.45) is 5.92 Å². The third-order valence-corrected chi connectivity index (χ3v) is 4.12. The third kappa shape index (κ3) is 2.76. The molecule has 0 aromatic heterocycles. The van der Waals surface area contributed by atoms with Gasteiger partial charge in [0.1, 0.15) is 0 Å². The molecular formula is C13H26N2O. The fourth-order valence-corrected chi connectivity index (χ4v) is 2.81. The normalized spacial score (nSPS) is 33.9. The SMILES string of the molecule is CCOCC(C)N1CCNC(C)(C2CC2)C1. The van der Waals surface area contributed by atoms with Gasteiger partial charge in [-0.25, -0.2) is 0 Å². The zero-order chi connectivity index (χ0) is 11.6. The van der Waals surface area contributed by atoms with E-state index in [9.17, 15) is 0 Å². The van der Waals surface area contributed by atoms with E-state index in [0.717, 1.165) is 32.2 Å². The predicted molar refractivity (Wildman–Crippen MR) is 66.7 cm³/mol. The molecule has 3 nitrogen and oxygen atoms in total. The summed E-state index contributed by atoms with van der Waals surface area (Å²) < 4.78 is 5.53. The molecule has 1 saturated heterocycles. The highest BCUT2D eigenvalue weighted by Crippen LogP contribution is 2.40.